The number of benzene rings is 3. The Hall–Kier alpha value is -4.20. The first kappa shape index (κ1) is 23.1. The van der Waals surface area contributed by atoms with Crippen molar-refractivity contribution in [1.29, 1.82) is 0 Å². The smallest absolute Gasteiger partial charge is 0.342 e. The monoisotopic (exact) mass is 426 g/mol. The molecule has 0 aliphatic carbocycles. The highest BCUT2D eigenvalue weighted by molar-refractivity contribution is 5.93. The number of para-hydroxylation sites is 2. The van der Waals surface area contributed by atoms with E-state index in [0.29, 0.717) is 0 Å². The Morgan fingerprint density at radius 2 is 1.26 bits per heavy atom. The standard InChI is InChI=1S/C15H14O4.C8H8O4/c1-18-13-9-5-8-12(14(13)16)15(17)19-10-11-6-3-2-4-7-11;1-12-6-4-2-3-5(7(6)9)8(10)11/h2-9,16H,10H2,1H3;2-4,9H,1H3,(H,10,11). The van der Waals surface area contributed by atoms with E-state index in [-0.39, 0.29) is 40.7 Å². The number of hydrogen-bond donors (Lipinski definition) is 3. The summed E-state index contributed by atoms with van der Waals surface area (Å²) in [5.41, 5.74) is 0.822. The SMILES string of the molecule is COc1cccc(C(=O)O)c1O.COc1cccc(C(=O)OCc2ccccc2)c1O. The molecule has 0 saturated heterocycles. The molecule has 8 heteroatoms. The number of aromatic hydroxyl groups is 2. The van der Waals surface area contributed by atoms with Crippen molar-refractivity contribution >= 4 is 11.9 Å². The van der Waals surface area contributed by atoms with Crippen LogP contribution in [0.15, 0.2) is 66.7 Å². The Labute approximate surface area is 178 Å². The minimum Gasteiger partial charge on any atom is -0.504 e. The molecule has 0 atom stereocenters. The van der Waals surface area contributed by atoms with Gasteiger partial charge in [0.1, 0.15) is 17.7 Å². The average Bonchev–Trinajstić information content (AvgIpc) is 2.78. The first-order chi connectivity index (χ1) is 14.9. The van der Waals surface area contributed by atoms with E-state index in [0.717, 1.165) is 5.56 Å². The van der Waals surface area contributed by atoms with Crippen LogP contribution in [0.3, 0.4) is 0 Å². The van der Waals surface area contributed by atoms with Crippen LogP contribution in [-0.2, 0) is 11.3 Å². The number of hydrogen-bond acceptors (Lipinski definition) is 7. The van der Waals surface area contributed by atoms with E-state index >= 15 is 0 Å². The number of ether oxygens (including phenoxy) is 3. The Morgan fingerprint density at radius 3 is 1.77 bits per heavy atom. The van der Waals surface area contributed by atoms with Crippen LogP contribution in [-0.4, -0.2) is 41.5 Å². The summed E-state index contributed by atoms with van der Waals surface area (Å²) in [4.78, 5) is 22.3. The number of carbonyl (C=O) groups is 2. The molecule has 0 aliphatic heterocycles. The van der Waals surface area contributed by atoms with Crippen molar-refractivity contribution < 1.29 is 39.1 Å². The van der Waals surface area contributed by atoms with E-state index in [2.05, 4.69) is 0 Å². The van der Waals surface area contributed by atoms with E-state index in [1.807, 2.05) is 30.3 Å². The van der Waals surface area contributed by atoms with Crippen LogP contribution in [0.4, 0.5) is 0 Å². The van der Waals surface area contributed by atoms with Crippen LogP contribution in [0.2, 0.25) is 0 Å². The van der Waals surface area contributed by atoms with Crippen LogP contribution in [0.25, 0.3) is 0 Å². The van der Waals surface area contributed by atoms with Gasteiger partial charge in [-0.1, -0.05) is 42.5 Å². The minimum atomic E-state index is -1.17. The molecule has 3 N–H and O–H groups in total. The Kier molecular flexibility index (Phi) is 8.27. The second-order valence-corrected chi connectivity index (χ2v) is 6.08. The quantitative estimate of drug-likeness (QED) is 0.508. The molecule has 3 rings (SSSR count). The molecule has 0 aliphatic rings. The lowest BCUT2D eigenvalue weighted by atomic mass is 10.2. The molecule has 0 saturated carbocycles. The minimum absolute atomic E-state index is 0.0929. The average molecular weight is 426 g/mol. The lowest BCUT2D eigenvalue weighted by Gasteiger charge is -2.08. The molecular weight excluding hydrogens is 404 g/mol. The Bertz CT molecular complexity index is 1030. The molecule has 0 bridgehead atoms. The number of methoxy groups -OCH3 is 2. The summed E-state index contributed by atoms with van der Waals surface area (Å²) >= 11 is 0. The second kappa shape index (κ2) is 11.1. The first-order valence-electron chi connectivity index (χ1n) is 9.05. The molecular formula is C23H22O8. The van der Waals surface area contributed by atoms with Gasteiger partial charge in [0.15, 0.2) is 23.0 Å². The molecule has 0 amide bonds. The van der Waals surface area contributed by atoms with Gasteiger partial charge in [0.25, 0.3) is 0 Å². The number of carbonyl (C=O) groups excluding carboxylic acids is 1. The van der Waals surface area contributed by atoms with Gasteiger partial charge in [-0.05, 0) is 29.8 Å². The van der Waals surface area contributed by atoms with Crippen LogP contribution < -0.4 is 9.47 Å². The summed E-state index contributed by atoms with van der Waals surface area (Å²) in [6.45, 7) is 0.163. The van der Waals surface area contributed by atoms with Crippen molar-refractivity contribution in [3.63, 3.8) is 0 Å². The van der Waals surface area contributed by atoms with E-state index in [1.54, 1.807) is 12.1 Å². The molecule has 0 heterocycles. The number of esters is 1. The molecule has 3 aromatic carbocycles. The van der Waals surface area contributed by atoms with Gasteiger partial charge >= 0.3 is 11.9 Å². The topological polar surface area (TPSA) is 123 Å². The predicted octanol–water partition coefficient (Wildman–Crippen LogP) is 3.86. The summed E-state index contributed by atoms with van der Waals surface area (Å²) < 4.78 is 14.8. The molecule has 162 valence electrons. The van der Waals surface area contributed by atoms with Gasteiger partial charge in [-0.25, -0.2) is 9.59 Å². The third-order valence-corrected chi connectivity index (χ3v) is 4.10. The van der Waals surface area contributed by atoms with Gasteiger partial charge in [-0.2, -0.15) is 0 Å². The van der Waals surface area contributed by atoms with Crippen molar-refractivity contribution in [1.82, 2.24) is 0 Å². The predicted molar refractivity (Wildman–Crippen MR) is 112 cm³/mol. The first-order valence-corrected chi connectivity index (χ1v) is 9.05. The molecule has 8 nitrogen and oxygen atoms in total. The van der Waals surface area contributed by atoms with Crippen LogP contribution in [0, 0.1) is 0 Å². The molecule has 0 fully saturated rings. The summed E-state index contributed by atoms with van der Waals surface area (Å²) in [7, 11) is 2.79. The van der Waals surface area contributed by atoms with Crippen molar-refractivity contribution in [2.45, 2.75) is 6.61 Å². The van der Waals surface area contributed by atoms with E-state index in [4.69, 9.17) is 19.3 Å². The highest BCUT2D eigenvalue weighted by Gasteiger charge is 2.16. The van der Waals surface area contributed by atoms with E-state index in [9.17, 15) is 19.8 Å². The molecule has 3 aromatic rings. The van der Waals surface area contributed by atoms with Crippen molar-refractivity contribution in [3.05, 3.63) is 83.4 Å². The third-order valence-electron chi connectivity index (χ3n) is 4.10. The Balaban J connectivity index is 0.000000245. The van der Waals surface area contributed by atoms with Crippen LogP contribution in [0.5, 0.6) is 23.0 Å². The highest BCUT2D eigenvalue weighted by Crippen LogP contribution is 2.30. The van der Waals surface area contributed by atoms with Gasteiger partial charge in [-0.3, -0.25) is 0 Å². The molecule has 0 spiro atoms. The fourth-order valence-corrected chi connectivity index (χ4v) is 2.51. The summed E-state index contributed by atoms with van der Waals surface area (Å²) in [5, 5.41) is 27.7. The maximum atomic E-state index is 11.9. The summed E-state index contributed by atoms with van der Waals surface area (Å²) in [5.74, 6) is -1.90. The maximum absolute atomic E-state index is 11.9. The molecule has 0 aromatic heterocycles. The maximum Gasteiger partial charge on any atom is 0.342 e. The largest absolute Gasteiger partial charge is 0.504 e. The number of carboxylic acids is 1. The van der Waals surface area contributed by atoms with Gasteiger partial charge in [-0.15, -0.1) is 0 Å². The van der Waals surface area contributed by atoms with Gasteiger partial charge in [0.05, 0.1) is 14.2 Å². The third kappa shape index (κ3) is 6.14. The fourth-order valence-electron chi connectivity index (χ4n) is 2.51. The molecule has 0 unspecified atom stereocenters. The zero-order valence-electron chi connectivity index (χ0n) is 16.9. The fraction of sp³-hybridized carbons (Fsp3) is 0.130. The Morgan fingerprint density at radius 1 is 0.742 bits per heavy atom. The van der Waals surface area contributed by atoms with Crippen LogP contribution >= 0.6 is 0 Å². The van der Waals surface area contributed by atoms with Gasteiger partial charge in [0.2, 0.25) is 0 Å². The molecule has 0 radical (unpaired) electrons. The summed E-state index contributed by atoms with van der Waals surface area (Å²) in [6.07, 6.45) is 0. The number of phenolic OH excluding ortho intramolecular Hbond substituents is 1. The lowest BCUT2D eigenvalue weighted by molar-refractivity contribution is 0.0468. The zero-order valence-corrected chi connectivity index (χ0v) is 16.9. The zero-order chi connectivity index (χ0) is 22.8. The van der Waals surface area contributed by atoms with Crippen molar-refractivity contribution in [2.75, 3.05) is 14.2 Å². The second-order valence-electron chi connectivity index (χ2n) is 6.08. The van der Waals surface area contributed by atoms with Crippen molar-refractivity contribution in [2.24, 2.45) is 0 Å². The van der Waals surface area contributed by atoms with E-state index in [1.165, 1.54) is 38.5 Å². The van der Waals surface area contributed by atoms with Crippen LogP contribution in [0.1, 0.15) is 26.3 Å². The number of carboxylic acid groups (broad SMARTS) is 1. The van der Waals surface area contributed by atoms with Gasteiger partial charge < -0.3 is 29.5 Å². The highest BCUT2D eigenvalue weighted by atomic mass is 16.5. The summed E-state index contributed by atoms with van der Waals surface area (Å²) in [6, 6.07) is 18.3. The van der Waals surface area contributed by atoms with Crippen molar-refractivity contribution in [3.8, 4) is 23.0 Å². The number of aromatic carboxylic acids is 1. The molecule has 31 heavy (non-hydrogen) atoms. The van der Waals surface area contributed by atoms with E-state index < -0.39 is 11.9 Å². The van der Waals surface area contributed by atoms with Gasteiger partial charge in [0, 0.05) is 0 Å². The normalized spacial score (nSPS) is 9.74. The number of phenols is 2. The lowest BCUT2D eigenvalue weighted by Crippen LogP contribution is -2.06. The number of rotatable bonds is 6.